The van der Waals surface area contributed by atoms with Gasteiger partial charge in [-0.3, -0.25) is 0 Å². The first-order valence-corrected chi connectivity index (χ1v) is 4.24. The van der Waals surface area contributed by atoms with Crippen molar-refractivity contribution in [3.63, 3.8) is 0 Å². The molecule has 72 valence electrons. The topological polar surface area (TPSA) is 87.1 Å². The second-order valence-electron chi connectivity index (χ2n) is 2.61. The Kier molecular flexibility index (Phi) is 3.12. The molecule has 0 saturated carbocycles. The molecular weight excluding hydrogens is 200 g/mol. The zero-order valence-corrected chi connectivity index (χ0v) is 8.08. The molecule has 0 aromatic heterocycles. The van der Waals surface area contributed by atoms with E-state index in [0.29, 0.717) is 5.56 Å². The molecule has 1 aromatic carbocycles. The van der Waals surface area contributed by atoms with E-state index in [9.17, 15) is 4.79 Å². The maximum absolute atomic E-state index is 10.8. The van der Waals surface area contributed by atoms with E-state index in [4.69, 9.17) is 16.1 Å². The molecule has 14 heavy (non-hydrogen) atoms. The predicted molar refractivity (Wildman–Crippen MR) is 53.3 cm³/mol. The number of carboxylic acid groups (broad SMARTS) is 1. The smallest absolute Gasteiger partial charge is 0.338 e. The number of nitrogens with two attached hydrogens (primary N) is 1. The molecule has 0 fully saturated rings. The summed E-state index contributed by atoms with van der Waals surface area (Å²) in [4.78, 5) is 11.1. The van der Waals surface area contributed by atoms with Crippen LogP contribution < -0.4 is 5.73 Å². The summed E-state index contributed by atoms with van der Waals surface area (Å²) >= 11 is 3.97. The lowest BCUT2D eigenvalue weighted by Gasteiger charge is -2.06. The summed E-state index contributed by atoms with van der Waals surface area (Å²) in [5.41, 5.74) is 5.90. The SMILES string of the molecule is N#Cc1c(CN)ccc(S)c1C(=O)O. The highest BCUT2D eigenvalue weighted by Gasteiger charge is 2.16. The summed E-state index contributed by atoms with van der Waals surface area (Å²) in [5, 5.41) is 17.7. The van der Waals surface area contributed by atoms with Crippen LogP contribution in [0.25, 0.3) is 0 Å². The van der Waals surface area contributed by atoms with Crippen molar-refractivity contribution in [1.82, 2.24) is 0 Å². The van der Waals surface area contributed by atoms with Crippen LogP contribution in [0, 0.1) is 11.3 Å². The molecule has 0 bridgehead atoms. The van der Waals surface area contributed by atoms with Gasteiger partial charge < -0.3 is 10.8 Å². The zero-order chi connectivity index (χ0) is 10.7. The molecule has 1 rings (SSSR count). The Bertz CT molecular complexity index is 424. The number of nitrogens with zero attached hydrogens (tertiary/aromatic N) is 1. The average Bonchev–Trinajstić information content (AvgIpc) is 2.16. The van der Waals surface area contributed by atoms with Crippen molar-refractivity contribution in [2.45, 2.75) is 11.4 Å². The Labute approximate surface area is 86.4 Å². The summed E-state index contributed by atoms with van der Waals surface area (Å²) in [7, 11) is 0. The van der Waals surface area contributed by atoms with Gasteiger partial charge in [0.2, 0.25) is 0 Å². The highest BCUT2D eigenvalue weighted by Crippen LogP contribution is 2.21. The van der Waals surface area contributed by atoms with Gasteiger partial charge in [0, 0.05) is 11.4 Å². The number of nitriles is 1. The minimum Gasteiger partial charge on any atom is -0.478 e. The van der Waals surface area contributed by atoms with Gasteiger partial charge in [-0.15, -0.1) is 12.6 Å². The van der Waals surface area contributed by atoms with Crippen LogP contribution in [0.1, 0.15) is 21.5 Å². The fourth-order valence-electron chi connectivity index (χ4n) is 1.15. The van der Waals surface area contributed by atoms with Gasteiger partial charge in [0.1, 0.15) is 6.07 Å². The highest BCUT2D eigenvalue weighted by molar-refractivity contribution is 7.80. The van der Waals surface area contributed by atoms with Crippen molar-refractivity contribution in [1.29, 1.82) is 5.26 Å². The Hall–Kier alpha value is -1.51. The lowest BCUT2D eigenvalue weighted by molar-refractivity contribution is 0.0692. The number of aromatic carboxylic acids is 1. The van der Waals surface area contributed by atoms with Crippen LogP contribution in [0.4, 0.5) is 0 Å². The van der Waals surface area contributed by atoms with Gasteiger partial charge in [-0.05, 0) is 11.6 Å². The van der Waals surface area contributed by atoms with Crippen LogP contribution in [-0.2, 0) is 6.54 Å². The number of benzene rings is 1. The Morgan fingerprint density at radius 3 is 2.71 bits per heavy atom. The molecule has 0 aliphatic rings. The van der Waals surface area contributed by atoms with Crippen molar-refractivity contribution < 1.29 is 9.90 Å². The minimum atomic E-state index is -1.16. The summed E-state index contributed by atoms with van der Waals surface area (Å²) in [5.74, 6) is -1.16. The van der Waals surface area contributed by atoms with Crippen molar-refractivity contribution >= 4 is 18.6 Å². The molecule has 3 N–H and O–H groups in total. The van der Waals surface area contributed by atoms with Gasteiger partial charge in [-0.1, -0.05) is 6.07 Å². The molecule has 0 aliphatic carbocycles. The summed E-state index contributed by atoms with van der Waals surface area (Å²) in [6.07, 6.45) is 0. The lowest BCUT2D eigenvalue weighted by Crippen LogP contribution is -2.07. The van der Waals surface area contributed by atoms with Crippen LogP contribution in [0.2, 0.25) is 0 Å². The third-order valence-electron chi connectivity index (χ3n) is 1.82. The van der Waals surface area contributed by atoms with Crippen molar-refractivity contribution in [2.75, 3.05) is 0 Å². The van der Waals surface area contributed by atoms with Gasteiger partial charge in [0.05, 0.1) is 11.1 Å². The molecule has 0 atom stereocenters. The minimum absolute atomic E-state index is 0.0845. The molecule has 0 saturated heterocycles. The van der Waals surface area contributed by atoms with E-state index in [0.717, 1.165) is 0 Å². The maximum atomic E-state index is 10.8. The largest absolute Gasteiger partial charge is 0.478 e. The fourth-order valence-corrected chi connectivity index (χ4v) is 1.43. The molecule has 0 radical (unpaired) electrons. The number of carbonyl (C=O) groups is 1. The normalized spacial score (nSPS) is 9.50. The first kappa shape index (κ1) is 10.6. The van der Waals surface area contributed by atoms with Crippen molar-refractivity contribution in [2.24, 2.45) is 5.73 Å². The molecule has 0 unspecified atom stereocenters. The Morgan fingerprint density at radius 1 is 1.64 bits per heavy atom. The first-order chi connectivity index (χ1) is 6.61. The van der Waals surface area contributed by atoms with Gasteiger partial charge >= 0.3 is 5.97 Å². The van der Waals surface area contributed by atoms with Gasteiger partial charge in [-0.25, -0.2) is 4.79 Å². The predicted octanol–water partition coefficient (Wildman–Crippen LogP) is 1.00. The van der Waals surface area contributed by atoms with Gasteiger partial charge in [0.25, 0.3) is 0 Å². The summed E-state index contributed by atoms with van der Waals surface area (Å²) in [6.45, 7) is 0.136. The highest BCUT2D eigenvalue weighted by atomic mass is 32.1. The second kappa shape index (κ2) is 4.13. The Morgan fingerprint density at radius 2 is 2.29 bits per heavy atom. The Balaban J connectivity index is 3.53. The quantitative estimate of drug-likeness (QED) is 0.633. The van der Waals surface area contributed by atoms with E-state index in [1.165, 1.54) is 6.07 Å². The van der Waals surface area contributed by atoms with Crippen molar-refractivity contribution in [3.8, 4) is 6.07 Å². The zero-order valence-electron chi connectivity index (χ0n) is 7.19. The maximum Gasteiger partial charge on any atom is 0.338 e. The lowest BCUT2D eigenvalue weighted by atomic mass is 10.0. The van der Waals surface area contributed by atoms with E-state index >= 15 is 0 Å². The van der Waals surface area contributed by atoms with E-state index < -0.39 is 5.97 Å². The molecule has 0 amide bonds. The van der Waals surface area contributed by atoms with Crippen LogP contribution >= 0.6 is 12.6 Å². The second-order valence-corrected chi connectivity index (χ2v) is 3.10. The number of rotatable bonds is 2. The third kappa shape index (κ3) is 1.71. The summed E-state index contributed by atoms with van der Waals surface area (Å²) < 4.78 is 0. The first-order valence-electron chi connectivity index (χ1n) is 3.80. The van der Waals surface area contributed by atoms with Crippen molar-refractivity contribution in [3.05, 3.63) is 28.8 Å². The van der Waals surface area contributed by atoms with E-state index in [-0.39, 0.29) is 22.6 Å². The standard InChI is InChI=1S/C9H8N2O2S/c10-3-5-1-2-7(14)8(9(12)13)6(5)4-11/h1-2,14H,3,10H2,(H,12,13). The molecule has 0 heterocycles. The van der Waals surface area contributed by atoms with Crippen LogP contribution in [0.5, 0.6) is 0 Å². The molecular formula is C9H8N2O2S. The average molecular weight is 208 g/mol. The summed E-state index contributed by atoms with van der Waals surface area (Å²) in [6, 6.07) is 4.96. The number of thiol groups is 1. The molecule has 4 nitrogen and oxygen atoms in total. The van der Waals surface area contributed by atoms with E-state index in [2.05, 4.69) is 12.6 Å². The van der Waals surface area contributed by atoms with Crippen LogP contribution in [0.3, 0.4) is 0 Å². The van der Waals surface area contributed by atoms with E-state index in [1.807, 2.05) is 6.07 Å². The number of hydrogen-bond donors (Lipinski definition) is 3. The van der Waals surface area contributed by atoms with Gasteiger partial charge in [0.15, 0.2) is 0 Å². The monoisotopic (exact) mass is 208 g/mol. The van der Waals surface area contributed by atoms with Crippen LogP contribution in [0.15, 0.2) is 17.0 Å². The number of hydrogen-bond acceptors (Lipinski definition) is 4. The fraction of sp³-hybridized carbons (Fsp3) is 0.111. The molecule has 0 aliphatic heterocycles. The van der Waals surface area contributed by atoms with Crippen LogP contribution in [-0.4, -0.2) is 11.1 Å². The molecule has 0 spiro atoms. The molecule has 5 heteroatoms. The molecule has 1 aromatic rings. The number of carboxylic acids is 1. The van der Waals surface area contributed by atoms with E-state index in [1.54, 1.807) is 6.07 Å². The van der Waals surface area contributed by atoms with Gasteiger partial charge in [-0.2, -0.15) is 5.26 Å². The third-order valence-corrected chi connectivity index (χ3v) is 2.19.